The zero-order chi connectivity index (χ0) is 14.5. The van der Waals surface area contributed by atoms with Crippen molar-refractivity contribution in [3.8, 4) is 0 Å². The van der Waals surface area contributed by atoms with Crippen LogP contribution in [-0.4, -0.2) is 5.97 Å². The van der Waals surface area contributed by atoms with Crippen molar-refractivity contribution in [3.05, 3.63) is 57.5 Å². The van der Waals surface area contributed by atoms with E-state index < -0.39 is 11.8 Å². The fourth-order valence-corrected chi connectivity index (χ4v) is 1.83. The van der Waals surface area contributed by atoms with Crippen LogP contribution >= 0.6 is 0 Å². The predicted octanol–water partition coefficient (Wildman–Crippen LogP) is 2.45. The van der Waals surface area contributed by atoms with Crippen molar-refractivity contribution in [1.82, 2.24) is 0 Å². The van der Waals surface area contributed by atoms with Gasteiger partial charge in [-0.05, 0) is 17.5 Å². The quantitative estimate of drug-likeness (QED) is 0.784. The minimum atomic E-state index is -0.785. The standard InChI is InChI=1S/C15H16O5/c1-3-11-4-6-12(7-5-11)8-13-14(9-18-10(2)16)20-15(17)19-13/h4-7H,3,8-9H2,1-2H3. The number of ether oxygens (including phenoxy) is 1. The minimum absolute atomic E-state index is 0.0938. The normalized spacial score (nSPS) is 10.5. The summed E-state index contributed by atoms with van der Waals surface area (Å²) in [5, 5.41) is 0. The van der Waals surface area contributed by atoms with Gasteiger partial charge in [-0.3, -0.25) is 4.79 Å². The lowest BCUT2D eigenvalue weighted by molar-refractivity contribution is -0.142. The highest BCUT2D eigenvalue weighted by Gasteiger charge is 2.14. The lowest BCUT2D eigenvalue weighted by Gasteiger charge is -2.02. The van der Waals surface area contributed by atoms with E-state index in [0.717, 1.165) is 12.0 Å². The molecule has 106 valence electrons. The third-order valence-corrected chi connectivity index (χ3v) is 2.93. The van der Waals surface area contributed by atoms with Crippen molar-refractivity contribution in [1.29, 1.82) is 0 Å². The molecule has 1 heterocycles. The van der Waals surface area contributed by atoms with Gasteiger partial charge in [-0.2, -0.15) is 0 Å². The summed E-state index contributed by atoms with van der Waals surface area (Å²) < 4.78 is 14.7. The summed E-state index contributed by atoms with van der Waals surface area (Å²) in [4.78, 5) is 22.0. The Bertz CT molecular complexity index is 633. The number of carbonyl (C=O) groups excluding carboxylic acids is 1. The van der Waals surface area contributed by atoms with Gasteiger partial charge in [0.2, 0.25) is 0 Å². The third-order valence-electron chi connectivity index (χ3n) is 2.93. The minimum Gasteiger partial charge on any atom is -0.458 e. The summed E-state index contributed by atoms with van der Waals surface area (Å²) in [7, 11) is 0. The first-order valence-corrected chi connectivity index (χ1v) is 6.41. The summed E-state index contributed by atoms with van der Waals surface area (Å²) in [5.74, 6) is -0.579. The van der Waals surface area contributed by atoms with E-state index in [1.807, 2.05) is 24.3 Å². The summed E-state index contributed by atoms with van der Waals surface area (Å²) >= 11 is 0. The van der Waals surface area contributed by atoms with Crippen LogP contribution in [0.15, 0.2) is 37.9 Å². The van der Waals surface area contributed by atoms with Crippen LogP contribution in [0, 0.1) is 0 Å². The lowest BCUT2D eigenvalue weighted by atomic mass is 10.1. The first-order valence-electron chi connectivity index (χ1n) is 6.41. The van der Waals surface area contributed by atoms with Gasteiger partial charge < -0.3 is 13.6 Å². The Balaban J connectivity index is 2.15. The van der Waals surface area contributed by atoms with Crippen molar-refractivity contribution in [2.24, 2.45) is 0 Å². The molecule has 1 aromatic heterocycles. The molecule has 0 aliphatic rings. The molecule has 0 unspecified atom stereocenters. The van der Waals surface area contributed by atoms with Gasteiger partial charge in [-0.25, -0.2) is 4.79 Å². The van der Waals surface area contributed by atoms with Crippen molar-refractivity contribution < 1.29 is 18.4 Å². The van der Waals surface area contributed by atoms with Gasteiger partial charge in [-0.15, -0.1) is 0 Å². The molecule has 5 heteroatoms. The Morgan fingerprint density at radius 2 is 1.70 bits per heavy atom. The zero-order valence-corrected chi connectivity index (χ0v) is 11.5. The van der Waals surface area contributed by atoms with Crippen molar-refractivity contribution in [2.45, 2.75) is 33.3 Å². The van der Waals surface area contributed by atoms with Crippen LogP contribution in [0.4, 0.5) is 0 Å². The molecule has 0 N–H and O–H groups in total. The summed E-state index contributed by atoms with van der Waals surface area (Å²) in [6.07, 6.45) is 1.39. The van der Waals surface area contributed by atoms with Crippen LogP contribution < -0.4 is 5.82 Å². The SMILES string of the molecule is CCc1ccc(Cc2oc(=O)oc2COC(C)=O)cc1. The molecule has 0 aliphatic heterocycles. The van der Waals surface area contributed by atoms with Gasteiger partial charge in [0.05, 0.1) is 0 Å². The average Bonchev–Trinajstić information content (AvgIpc) is 2.77. The number of esters is 1. The molecule has 0 saturated carbocycles. The number of carbonyl (C=O) groups is 1. The molecular weight excluding hydrogens is 260 g/mol. The zero-order valence-electron chi connectivity index (χ0n) is 11.5. The average molecular weight is 276 g/mol. The summed E-state index contributed by atoms with van der Waals surface area (Å²) in [5.41, 5.74) is 2.23. The van der Waals surface area contributed by atoms with Gasteiger partial charge in [0, 0.05) is 13.3 Å². The van der Waals surface area contributed by atoms with Crippen LogP contribution in [0.1, 0.15) is 36.5 Å². The Morgan fingerprint density at radius 1 is 1.10 bits per heavy atom. The van der Waals surface area contributed by atoms with Crippen molar-refractivity contribution >= 4 is 5.97 Å². The molecule has 0 saturated heterocycles. The lowest BCUT2D eigenvalue weighted by Crippen LogP contribution is -2.00. The maximum Gasteiger partial charge on any atom is 0.519 e. The molecule has 0 aliphatic carbocycles. The molecule has 0 radical (unpaired) electrons. The smallest absolute Gasteiger partial charge is 0.458 e. The third kappa shape index (κ3) is 3.60. The Kier molecular flexibility index (Phi) is 4.40. The molecule has 5 nitrogen and oxygen atoms in total. The van der Waals surface area contributed by atoms with Crippen LogP contribution in [-0.2, 0) is 29.0 Å². The Labute approximate surface area is 116 Å². The molecule has 0 fully saturated rings. The van der Waals surface area contributed by atoms with E-state index in [9.17, 15) is 9.59 Å². The molecule has 0 amide bonds. The second-order valence-corrected chi connectivity index (χ2v) is 4.43. The second kappa shape index (κ2) is 6.23. The van der Waals surface area contributed by atoms with E-state index in [0.29, 0.717) is 12.2 Å². The van der Waals surface area contributed by atoms with E-state index in [1.165, 1.54) is 12.5 Å². The van der Waals surface area contributed by atoms with Crippen molar-refractivity contribution in [3.63, 3.8) is 0 Å². The maximum atomic E-state index is 11.2. The summed E-state index contributed by atoms with van der Waals surface area (Å²) in [6, 6.07) is 8.00. The van der Waals surface area contributed by atoms with Gasteiger partial charge >= 0.3 is 11.8 Å². The number of hydrogen-bond donors (Lipinski definition) is 0. The molecule has 0 atom stereocenters. The molecule has 0 spiro atoms. The Hall–Kier alpha value is -2.30. The molecular formula is C15H16O5. The fourth-order valence-electron chi connectivity index (χ4n) is 1.83. The second-order valence-electron chi connectivity index (χ2n) is 4.43. The number of hydrogen-bond acceptors (Lipinski definition) is 5. The van der Waals surface area contributed by atoms with E-state index in [2.05, 4.69) is 6.92 Å². The predicted molar refractivity (Wildman–Crippen MR) is 71.3 cm³/mol. The number of rotatable bonds is 5. The van der Waals surface area contributed by atoms with E-state index in [4.69, 9.17) is 13.6 Å². The van der Waals surface area contributed by atoms with Crippen LogP contribution in [0.25, 0.3) is 0 Å². The fraction of sp³-hybridized carbons (Fsp3) is 0.333. The van der Waals surface area contributed by atoms with Crippen LogP contribution in [0.2, 0.25) is 0 Å². The molecule has 1 aromatic carbocycles. The molecule has 0 bridgehead atoms. The monoisotopic (exact) mass is 276 g/mol. The van der Waals surface area contributed by atoms with Crippen molar-refractivity contribution in [2.75, 3.05) is 0 Å². The topological polar surface area (TPSA) is 69.7 Å². The first kappa shape index (κ1) is 14.1. The molecule has 2 rings (SSSR count). The number of benzene rings is 1. The maximum absolute atomic E-state index is 11.2. The van der Waals surface area contributed by atoms with Crippen LogP contribution in [0.5, 0.6) is 0 Å². The first-order chi connectivity index (χ1) is 9.58. The molecule has 2 aromatic rings. The van der Waals surface area contributed by atoms with E-state index in [1.54, 1.807) is 0 Å². The van der Waals surface area contributed by atoms with E-state index >= 15 is 0 Å². The largest absolute Gasteiger partial charge is 0.519 e. The number of aryl methyl sites for hydroxylation is 1. The summed E-state index contributed by atoms with van der Waals surface area (Å²) in [6.45, 7) is 3.28. The Morgan fingerprint density at radius 3 is 2.30 bits per heavy atom. The van der Waals surface area contributed by atoms with Crippen LogP contribution in [0.3, 0.4) is 0 Å². The van der Waals surface area contributed by atoms with Gasteiger partial charge in [-0.1, -0.05) is 31.2 Å². The van der Waals surface area contributed by atoms with E-state index in [-0.39, 0.29) is 12.4 Å². The van der Waals surface area contributed by atoms with Gasteiger partial charge in [0.25, 0.3) is 0 Å². The highest BCUT2D eigenvalue weighted by Crippen LogP contribution is 2.15. The highest BCUT2D eigenvalue weighted by molar-refractivity contribution is 5.65. The van der Waals surface area contributed by atoms with Gasteiger partial charge in [0.15, 0.2) is 18.1 Å². The highest BCUT2D eigenvalue weighted by atomic mass is 16.6. The molecule has 20 heavy (non-hydrogen) atoms. The van der Waals surface area contributed by atoms with Gasteiger partial charge in [0.1, 0.15) is 0 Å².